The number of carbonyl (C=O) groups is 4. The van der Waals surface area contributed by atoms with Crippen molar-refractivity contribution in [2.45, 2.75) is 96.7 Å². The van der Waals surface area contributed by atoms with Gasteiger partial charge in [0.1, 0.15) is 18.7 Å². The molecule has 0 saturated heterocycles. The highest BCUT2D eigenvalue weighted by molar-refractivity contribution is 7.07. The van der Waals surface area contributed by atoms with Crippen LogP contribution in [0.25, 0.3) is 10.9 Å². The maximum Gasteiger partial charge on any atom is 0.408 e. The van der Waals surface area contributed by atoms with Crippen molar-refractivity contribution in [2.24, 2.45) is 11.8 Å². The third-order valence-corrected chi connectivity index (χ3v) is 9.87. The van der Waals surface area contributed by atoms with Gasteiger partial charge in [-0.2, -0.15) is 0 Å². The average molecular weight is 749 g/mol. The number of fused-ring (bicyclic) bond motifs is 1. The molecule has 13 nitrogen and oxygen atoms in total. The topological polar surface area (TPSA) is 195 Å². The third-order valence-electron chi connectivity index (χ3n) is 9.24. The van der Waals surface area contributed by atoms with Crippen LogP contribution in [0.4, 0.5) is 4.79 Å². The summed E-state index contributed by atoms with van der Waals surface area (Å²) in [7, 11) is 0. The highest BCUT2D eigenvalue weighted by atomic mass is 32.1. The summed E-state index contributed by atoms with van der Waals surface area (Å²) < 4.78 is 5.45. The predicted octanol–water partition coefficient (Wildman–Crippen LogP) is 3.99. The number of hydrogen-bond acceptors (Lipinski definition) is 9. The Morgan fingerprint density at radius 3 is 2.26 bits per heavy atom. The molecule has 3 unspecified atom stereocenters. The highest BCUT2D eigenvalue weighted by Crippen LogP contribution is 2.20. The number of carbonyl (C=O) groups excluding carboxylic acids is 4. The van der Waals surface area contributed by atoms with Gasteiger partial charge >= 0.3 is 6.09 Å². The van der Waals surface area contributed by atoms with Gasteiger partial charge in [-0.05, 0) is 35.4 Å². The minimum atomic E-state index is -1.25. The van der Waals surface area contributed by atoms with Crippen LogP contribution >= 0.6 is 11.3 Å². The number of nitrogens with zero attached hydrogens (tertiary/aromatic N) is 1. The first-order valence-corrected chi connectivity index (χ1v) is 19.0. The Kier molecular flexibility index (Phi) is 15.8. The van der Waals surface area contributed by atoms with Crippen LogP contribution in [0.1, 0.15) is 63.8 Å². The first kappa shape index (κ1) is 41.0. The second-order valence-electron chi connectivity index (χ2n) is 13.8. The zero-order valence-electron chi connectivity index (χ0n) is 30.7. The van der Waals surface area contributed by atoms with Gasteiger partial charge in [-0.1, -0.05) is 82.6 Å². The maximum atomic E-state index is 14.1. The van der Waals surface area contributed by atoms with Crippen LogP contribution in [0, 0.1) is 11.8 Å². The number of H-pyrrole nitrogens is 1. The Morgan fingerprint density at radius 1 is 0.887 bits per heavy atom. The second kappa shape index (κ2) is 20.5. The monoisotopic (exact) mass is 748 g/mol. The third kappa shape index (κ3) is 12.7. The van der Waals surface area contributed by atoms with Gasteiger partial charge < -0.3 is 41.2 Å². The molecule has 6 atom stereocenters. The first-order valence-electron chi connectivity index (χ1n) is 18.1. The number of aromatic nitrogens is 2. The number of aromatic amines is 1. The largest absolute Gasteiger partial charge is 0.445 e. The number of nitrogens with one attached hydrogen (secondary N) is 5. The smallest absolute Gasteiger partial charge is 0.408 e. The van der Waals surface area contributed by atoms with Crippen LogP contribution in [0.15, 0.2) is 71.7 Å². The Labute approximate surface area is 314 Å². The number of thiazole rings is 1. The molecule has 53 heavy (non-hydrogen) atoms. The van der Waals surface area contributed by atoms with Gasteiger partial charge in [-0.15, -0.1) is 11.3 Å². The number of para-hydroxylation sites is 1. The lowest BCUT2D eigenvalue weighted by Crippen LogP contribution is -2.57. The fraction of sp³-hybridized carbons (Fsp3) is 0.462. The molecule has 0 aliphatic rings. The second-order valence-corrected chi connectivity index (χ2v) is 14.5. The summed E-state index contributed by atoms with van der Waals surface area (Å²) in [6, 6.07) is 13.2. The summed E-state index contributed by atoms with van der Waals surface area (Å²) >= 11 is 1.34. The van der Waals surface area contributed by atoms with Gasteiger partial charge in [-0.25, -0.2) is 9.78 Å². The van der Waals surface area contributed by atoms with E-state index in [2.05, 4.69) is 31.2 Å². The molecule has 0 aliphatic carbocycles. The van der Waals surface area contributed by atoms with Crippen molar-refractivity contribution in [3.63, 3.8) is 0 Å². The number of rotatable bonds is 20. The fourth-order valence-electron chi connectivity index (χ4n) is 6.02. The molecular formula is C39H52N6O7S. The molecule has 4 aromatic rings. The lowest BCUT2D eigenvalue weighted by molar-refractivity contribution is -0.131. The van der Waals surface area contributed by atoms with E-state index in [9.17, 15) is 29.4 Å². The molecule has 0 radical (unpaired) electrons. The Morgan fingerprint density at radius 2 is 1.58 bits per heavy atom. The zero-order valence-corrected chi connectivity index (χ0v) is 31.5. The van der Waals surface area contributed by atoms with Crippen LogP contribution in [0.5, 0.6) is 0 Å². The number of aliphatic hydroxyl groups is 2. The van der Waals surface area contributed by atoms with Crippen LogP contribution in [-0.2, 0) is 38.6 Å². The van der Waals surface area contributed by atoms with Crippen molar-refractivity contribution in [3.05, 3.63) is 88.5 Å². The molecule has 0 saturated carbocycles. The minimum absolute atomic E-state index is 0.00116. The number of amides is 4. The molecule has 2 heterocycles. The van der Waals surface area contributed by atoms with Crippen LogP contribution < -0.4 is 21.3 Å². The van der Waals surface area contributed by atoms with E-state index in [1.165, 1.54) is 11.3 Å². The fourth-order valence-corrected chi connectivity index (χ4v) is 6.59. The van der Waals surface area contributed by atoms with Gasteiger partial charge in [0.2, 0.25) is 17.7 Å². The van der Waals surface area contributed by atoms with Crippen molar-refractivity contribution >= 4 is 46.1 Å². The van der Waals surface area contributed by atoms with E-state index in [0.29, 0.717) is 12.1 Å². The summed E-state index contributed by atoms with van der Waals surface area (Å²) in [5, 5.41) is 34.9. The first-order chi connectivity index (χ1) is 25.5. The van der Waals surface area contributed by atoms with Gasteiger partial charge in [0.15, 0.2) is 0 Å². The average Bonchev–Trinajstić information content (AvgIpc) is 3.82. The molecule has 286 valence electrons. The molecule has 2 aromatic heterocycles. The maximum absolute atomic E-state index is 14.1. The summed E-state index contributed by atoms with van der Waals surface area (Å²) in [6.07, 6.45) is 0.669. The van der Waals surface area contributed by atoms with Crippen LogP contribution in [0.3, 0.4) is 0 Å². The van der Waals surface area contributed by atoms with E-state index < -0.39 is 54.1 Å². The lowest BCUT2D eigenvalue weighted by Gasteiger charge is -2.29. The molecule has 0 aliphatic heterocycles. The molecule has 0 bridgehead atoms. The van der Waals surface area contributed by atoms with E-state index in [0.717, 1.165) is 28.5 Å². The number of hydrogen-bond donors (Lipinski definition) is 7. The highest BCUT2D eigenvalue weighted by Gasteiger charge is 2.32. The van der Waals surface area contributed by atoms with E-state index in [1.807, 2.05) is 82.3 Å². The number of benzene rings is 2. The standard InChI is InChI=1S/C39H52N6O7S/c1-5-25(4)34(20-46)42-36(48)18-35(47)31(15-24(2)3)43-38(50)33(17-28-22-53-23-41-28)44-37(49)32(16-27-19-40-30-14-10-9-13-29(27)30)45-39(51)52-21-26-11-7-6-8-12-26/h6-14,19,22-25,31-35,40,46-47H,5,15-18,20-21H2,1-4H3,(H,42,48)(H,43,50)(H,44,49)(H,45,51)/t25?,31?,32-,33-,34+,35?/m0/s1. The van der Waals surface area contributed by atoms with E-state index in [-0.39, 0.29) is 44.3 Å². The summed E-state index contributed by atoms with van der Waals surface area (Å²) in [4.78, 5) is 61.6. The Balaban J connectivity index is 1.53. The molecular weight excluding hydrogens is 697 g/mol. The van der Waals surface area contributed by atoms with Gasteiger partial charge in [0.25, 0.3) is 0 Å². The van der Waals surface area contributed by atoms with Gasteiger partial charge in [0, 0.05) is 35.3 Å². The Bertz CT molecular complexity index is 1750. The van der Waals surface area contributed by atoms with Crippen molar-refractivity contribution in [1.82, 2.24) is 31.2 Å². The summed E-state index contributed by atoms with van der Waals surface area (Å²) in [5.41, 5.74) is 4.61. The van der Waals surface area contributed by atoms with Crippen molar-refractivity contribution < 1.29 is 34.1 Å². The Hall–Kier alpha value is -4.79. The van der Waals surface area contributed by atoms with E-state index >= 15 is 0 Å². The SMILES string of the molecule is CCC(C)[C@@H](CO)NC(=O)CC(O)C(CC(C)C)NC(=O)[C@H](Cc1cscn1)NC(=O)[C@H](Cc1c[nH]c2ccccc12)NC(=O)OCc1ccccc1. The van der Waals surface area contributed by atoms with Crippen molar-refractivity contribution in [2.75, 3.05) is 6.61 Å². The molecule has 0 fully saturated rings. The molecule has 0 spiro atoms. The number of ether oxygens (including phenoxy) is 1. The lowest BCUT2D eigenvalue weighted by atomic mass is 9.95. The summed E-state index contributed by atoms with van der Waals surface area (Å²) in [5.74, 6) is -1.58. The molecule has 4 amide bonds. The predicted molar refractivity (Wildman–Crippen MR) is 204 cm³/mol. The van der Waals surface area contributed by atoms with Gasteiger partial charge in [0.05, 0.1) is 42.4 Å². The molecule has 4 rings (SSSR count). The quantitative estimate of drug-likeness (QED) is 0.0705. The van der Waals surface area contributed by atoms with Crippen molar-refractivity contribution in [1.29, 1.82) is 0 Å². The number of alkyl carbamates (subject to hydrolysis) is 1. The molecule has 14 heteroatoms. The number of aliphatic hydroxyl groups excluding tert-OH is 2. The normalized spacial score (nSPS) is 14.8. The minimum Gasteiger partial charge on any atom is -0.445 e. The summed E-state index contributed by atoms with van der Waals surface area (Å²) in [6.45, 7) is 7.51. The molecule has 2 aromatic carbocycles. The molecule has 7 N–H and O–H groups in total. The van der Waals surface area contributed by atoms with E-state index in [4.69, 9.17) is 4.74 Å². The van der Waals surface area contributed by atoms with Crippen molar-refractivity contribution in [3.8, 4) is 0 Å². The zero-order chi connectivity index (χ0) is 38.3. The van der Waals surface area contributed by atoms with Gasteiger partial charge in [-0.3, -0.25) is 14.4 Å². The van der Waals surface area contributed by atoms with Crippen LogP contribution in [-0.4, -0.2) is 80.9 Å². The van der Waals surface area contributed by atoms with E-state index in [1.54, 1.807) is 17.1 Å². The van der Waals surface area contributed by atoms with Crippen LogP contribution in [0.2, 0.25) is 0 Å².